The minimum absolute atomic E-state index is 0.747. The topological polar surface area (TPSA) is 54.2 Å². The second-order valence-corrected chi connectivity index (χ2v) is 5.16. The molecular weight excluding hydrogens is 228 g/mol. The summed E-state index contributed by atoms with van der Waals surface area (Å²) in [6.45, 7) is 8.20. The molecule has 18 heavy (non-hydrogen) atoms. The van der Waals surface area contributed by atoms with Gasteiger partial charge in [0.25, 0.3) is 0 Å². The van der Waals surface area contributed by atoms with Crippen LogP contribution < -0.4 is 0 Å². The summed E-state index contributed by atoms with van der Waals surface area (Å²) in [6.07, 6.45) is 5.35. The van der Waals surface area contributed by atoms with Gasteiger partial charge in [-0.25, -0.2) is 4.68 Å². The highest BCUT2D eigenvalue weighted by atomic mass is 16.3. The lowest BCUT2D eigenvalue weighted by atomic mass is 9.91. The summed E-state index contributed by atoms with van der Waals surface area (Å²) in [6, 6.07) is 0. The van der Waals surface area contributed by atoms with Gasteiger partial charge >= 0.3 is 0 Å². The van der Waals surface area contributed by atoms with Crippen molar-refractivity contribution < 1.29 is 5.11 Å². The Morgan fingerprint density at radius 3 is 2.89 bits per heavy atom. The number of aliphatic hydroxyl groups is 1. The zero-order chi connectivity index (χ0) is 13.0. The van der Waals surface area contributed by atoms with Crippen molar-refractivity contribution in [3.63, 3.8) is 0 Å². The van der Waals surface area contributed by atoms with Gasteiger partial charge in [0.05, 0.1) is 11.9 Å². The number of aryl methyl sites for hydroxylation is 1. The molecule has 1 aliphatic heterocycles. The first-order valence-corrected chi connectivity index (χ1v) is 7.03. The zero-order valence-electron chi connectivity index (χ0n) is 11.5. The van der Waals surface area contributed by atoms with Crippen LogP contribution in [0.5, 0.6) is 0 Å². The highest BCUT2D eigenvalue weighted by molar-refractivity contribution is 5.09. The zero-order valence-corrected chi connectivity index (χ0v) is 11.5. The smallest absolute Gasteiger partial charge is 0.109 e. The van der Waals surface area contributed by atoms with Gasteiger partial charge in [-0.05, 0) is 38.8 Å². The van der Waals surface area contributed by atoms with Gasteiger partial charge in [-0.2, -0.15) is 0 Å². The maximum atomic E-state index is 10.9. The molecule has 1 fully saturated rings. The van der Waals surface area contributed by atoms with Crippen LogP contribution in [0, 0.1) is 0 Å². The molecular formula is C13H24N4O. The second kappa shape index (κ2) is 5.80. The van der Waals surface area contributed by atoms with Crippen molar-refractivity contribution in [1.82, 2.24) is 19.9 Å². The van der Waals surface area contributed by atoms with E-state index in [-0.39, 0.29) is 0 Å². The van der Waals surface area contributed by atoms with Crippen LogP contribution in [-0.4, -0.2) is 44.6 Å². The molecule has 1 aromatic rings. The molecule has 1 aliphatic rings. The second-order valence-electron chi connectivity index (χ2n) is 5.16. The van der Waals surface area contributed by atoms with Crippen molar-refractivity contribution >= 4 is 0 Å². The van der Waals surface area contributed by atoms with Gasteiger partial charge in [-0.15, -0.1) is 5.10 Å². The number of likely N-dealkylation sites (tertiary alicyclic amines) is 1. The lowest BCUT2D eigenvalue weighted by Crippen LogP contribution is -2.31. The van der Waals surface area contributed by atoms with Crippen LogP contribution in [0.25, 0.3) is 0 Å². The molecule has 1 saturated heterocycles. The van der Waals surface area contributed by atoms with Crippen LogP contribution in [0.3, 0.4) is 0 Å². The van der Waals surface area contributed by atoms with Crippen LogP contribution in [-0.2, 0) is 12.1 Å². The van der Waals surface area contributed by atoms with Crippen molar-refractivity contribution in [3.05, 3.63) is 11.9 Å². The van der Waals surface area contributed by atoms with E-state index in [0.29, 0.717) is 0 Å². The number of nitrogens with zero attached hydrogens (tertiary/aromatic N) is 4. The first-order valence-electron chi connectivity index (χ1n) is 7.03. The Morgan fingerprint density at radius 1 is 1.33 bits per heavy atom. The Kier molecular flexibility index (Phi) is 4.35. The van der Waals surface area contributed by atoms with E-state index in [1.165, 1.54) is 0 Å². The molecule has 1 atom stereocenters. The van der Waals surface area contributed by atoms with Crippen LogP contribution >= 0.6 is 0 Å². The van der Waals surface area contributed by atoms with E-state index in [2.05, 4.69) is 29.1 Å². The average molecular weight is 252 g/mol. The quantitative estimate of drug-likeness (QED) is 0.879. The summed E-state index contributed by atoms with van der Waals surface area (Å²) in [7, 11) is 0. The summed E-state index contributed by atoms with van der Waals surface area (Å²) in [5, 5.41) is 19.0. The van der Waals surface area contributed by atoms with Crippen LogP contribution in [0.2, 0.25) is 0 Å². The maximum absolute atomic E-state index is 10.9. The van der Waals surface area contributed by atoms with Gasteiger partial charge in [0.2, 0.25) is 0 Å². The maximum Gasteiger partial charge on any atom is 0.109 e. The van der Waals surface area contributed by atoms with E-state index in [0.717, 1.165) is 57.6 Å². The predicted octanol–water partition coefficient (Wildman–Crippen LogP) is 1.38. The normalized spacial score (nSPS) is 26.2. The third kappa shape index (κ3) is 2.72. The minimum Gasteiger partial charge on any atom is -0.383 e. The Balaban J connectivity index is 2.16. The third-order valence-corrected chi connectivity index (χ3v) is 3.88. The lowest BCUT2D eigenvalue weighted by Gasteiger charge is -2.27. The number of hydrogen-bond acceptors (Lipinski definition) is 4. The van der Waals surface area contributed by atoms with Gasteiger partial charge < -0.3 is 10.0 Å². The van der Waals surface area contributed by atoms with E-state index in [4.69, 9.17) is 0 Å². The molecule has 2 rings (SSSR count). The summed E-state index contributed by atoms with van der Waals surface area (Å²) < 4.78 is 1.86. The van der Waals surface area contributed by atoms with E-state index < -0.39 is 5.60 Å². The molecule has 1 aromatic heterocycles. The minimum atomic E-state index is -0.747. The molecule has 0 bridgehead atoms. The highest BCUT2D eigenvalue weighted by Crippen LogP contribution is 2.32. The Hall–Kier alpha value is -0.940. The van der Waals surface area contributed by atoms with E-state index >= 15 is 0 Å². The highest BCUT2D eigenvalue weighted by Gasteiger charge is 2.34. The number of hydrogen-bond donors (Lipinski definition) is 1. The molecule has 102 valence electrons. The van der Waals surface area contributed by atoms with Gasteiger partial charge in [0.1, 0.15) is 5.60 Å². The Bertz CT molecular complexity index is 379. The molecule has 0 aromatic carbocycles. The standard InChI is InChI=1S/C13H24N4O/c1-3-8-17-12(11-14-15-17)13(18)6-5-9-16(4-2)10-7-13/h11,18H,3-10H2,1-2H3. The Labute approximate surface area is 109 Å². The summed E-state index contributed by atoms with van der Waals surface area (Å²) in [4.78, 5) is 2.39. The molecule has 0 saturated carbocycles. The van der Waals surface area contributed by atoms with Gasteiger partial charge in [-0.3, -0.25) is 0 Å². The lowest BCUT2D eigenvalue weighted by molar-refractivity contribution is 0.0125. The largest absolute Gasteiger partial charge is 0.383 e. The van der Waals surface area contributed by atoms with Crippen molar-refractivity contribution in [1.29, 1.82) is 0 Å². The molecule has 2 heterocycles. The fraction of sp³-hybridized carbons (Fsp3) is 0.846. The fourth-order valence-corrected chi connectivity index (χ4v) is 2.74. The third-order valence-electron chi connectivity index (χ3n) is 3.88. The predicted molar refractivity (Wildman–Crippen MR) is 70.2 cm³/mol. The van der Waals surface area contributed by atoms with Crippen LogP contribution in [0.4, 0.5) is 0 Å². The molecule has 1 N–H and O–H groups in total. The van der Waals surface area contributed by atoms with Crippen LogP contribution in [0.15, 0.2) is 6.20 Å². The van der Waals surface area contributed by atoms with E-state index in [9.17, 15) is 5.11 Å². The van der Waals surface area contributed by atoms with Crippen molar-refractivity contribution in [2.24, 2.45) is 0 Å². The molecule has 0 amide bonds. The molecule has 0 radical (unpaired) electrons. The molecule has 0 aliphatic carbocycles. The first kappa shape index (κ1) is 13.5. The van der Waals surface area contributed by atoms with Gasteiger partial charge in [0.15, 0.2) is 0 Å². The average Bonchev–Trinajstić information content (AvgIpc) is 2.74. The molecule has 5 nitrogen and oxygen atoms in total. The summed E-state index contributed by atoms with van der Waals surface area (Å²) >= 11 is 0. The number of rotatable bonds is 4. The fourth-order valence-electron chi connectivity index (χ4n) is 2.74. The molecule has 5 heteroatoms. The summed E-state index contributed by atoms with van der Waals surface area (Å²) in [5.41, 5.74) is 0.144. The van der Waals surface area contributed by atoms with Crippen molar-refractivity contribution in [2.75, 3.05) is 19.6 Å². The van der Waals surface area contributed by atoms with Crippen molar-refractivity contribution in [3.8, 4) is 0 Å². The number of aromatic nitrogens is 3. The monoisotopic (exact) mass is 252 g/mol. The van der Waals surface area contributed by atoms with E-state index in [1.807, 2.05) is 4.68 Å². The SMILES string of the molecule is CCCn1nncc1C1(O)CCCN(CC)CC1. The van der Waals surface area contributed by atoms with E-state index in [1.54, 1.807) is 6.20 Å². The van der Waals surface area contributed by atoms with Gasteiger partial charge in [-0.1, -0.05) is 19.1 Å². The van der Waals surface area contributed by atoms with Crippen LogP contribution in [0.1, 0.15) is 45.2 Å². The van der Waals surface area contributed by atoms with Gasteiger partial charge in [0, 0.05) is 13.1 Å². The molecule has 1 unspecified atom stereocenters. The first-order chi connectivity index (χ1) is 8.69. The van der Waals surface area contributed by atoms with Crippen molar-refractivity contribution in [2.45, 2.75) is 51.7 Å². The Morgan fingerprint density at radius 2 is 2.17 bits per heavy atom. The molecule has 0 spiro atoms. The summed E-state index contributed by atoms with van der Waals surface area (Å²) in [5.74, 6) is 0.